The largest absolute Gasteiger partial charge is 0.484 e. The summed E-state index contributed by atoms with van der Waals surface area (Å²) in [6.45, 7) is -0.720. The summed E-state index contributed by atoms with van der Waals surface area (Å²) in [4.78, 5) is 4.28. The highest BCUT2D eigenvalue weighted by molar-refractivity contribution is 5.68. The number of nitrogens with zero attached hydrogens (tertiary/aromatic N) is 1. The van der Waals surface area contributed by atoms with E-state index in [1.54, 1.807) is 24.4 Å². The SMILES string of the molecule is NCc1ccc(OCC(F)(F)F)cc1-c1ccc(OCc2ccccc2)nc1. The maximum absolute atomic E-state index is 12.4. The van der Waals surface area contributed by atoms with Crippen molar-refractivity contribution in [1.29, 1.82) is 0 Å². The summed E-state index contributed by atoms with van der Waals surface area (Å²) in [6.07, 6.45) is -2.80. The Labute approximate surface area is 160 Å². The van der Waals surface area contributed by atoms with E-state index in [4.69, 9.17) is 15.2 Å². The minimum atomic E-state index is -4.40. The van der Waals surface area contributed by atoms with Crippen LogP contribution in [0.1, 0.15) is 11.1 Å². The van der Waals surface area contributed by atoms with Gasteiger partial charge in [0.15, 0.2) is 6.61 Å². The summed E-state index contributed by atoms with van der Waals surface area (Å²) in [5.74, 6) is 0.570. The average Bonchev–Trinajstić information content (AvgIpc) is 2.71. The lowest BCUT2D eigenvalue weighted by molar-refractivity contribution is -0.153. The van der Waals surface area contributed by atoms with Gasteiger partial charge in [0.25, 0.3) is 0 Å². The van der Waals surface area contributed by atoms with Crippen LogP contribution < -0.4 is 15.2 Å². The van der Waals surface area contributed by atoms with E-state index >= 15 is 0 Å². The molecule has 0 saturated carbocycles. The molecule has 2 N–H and O–H groups in total. The molecule has 4 nitrogen and oxygen atoms in total. The van der Waals surface area contributed by atoms with Crippen molar-refractivity contribution in [3.05, 3.63) is 78.0 Å². The van der Waals surface area contributed by atoms with Crippen LogP contribution in [0.25, 0.3) is 11.1 Å². The van der Waals surface area contributed by atoms with Gasteiger partial charge in [-0.2, -0.15) is 13.2 Å². The van der Waals surface area contributed by atoms with Crippen LogP contribution >= 0.6 is 0 Å². The highest BCUT2D eigenvalue weighted by atomic mass is 19.4. The number of pyridine rings is 1. The van der Waals surface area contributed by atoms with Crippen LogP contribution in [-0.2, 0) is 13.2 Å². The van der Waals surface area contributed by atoms with Gasteiger partial charge < -0.3 is 15.2 Å². The molecule has 0 saturated heterocycles. The molecule has 0 radical (unpaired) electrons. The Morgan fingerprint density at radius 3 is 2.36 bits per heavy atom. The number of halogens is 3. The zero-order chi connectivity index (χ0) is 20.0. The molecule has 2 aromatic carbocycles. The van der Waals surface area contributed by atoms with E-state index in [9.17, 15) is 13.2 Å². The number of hydrogen-bond donors (Lipinski definition) is 1. The first-order valence-electron chi connectivity index (χ1n) is 8.60. The molecule has 0 unspecified atom stereocenters. The van der Waals surface area contributed by atoms with Gasteiger partial charge in [-0.25, -0.2) is 4.98 Å². The van der Waals surface area contributed by atoms with E-state index in [-0.39, 0.29) is 12.3 Å². The molecule has 0 aliphatic carbocycles. The van der Waals surface area contributed by atoms with Gasteiger partial charge in [-0.3, -0.25) is 0 Å². The van der Waals surface area contributed by atoms with Gasteiger partial charge in [-0.05, 0) is 34.9 Å². The molecule has 146 valence electrons. The van der Waals surface area contributed by atoms with E-state index in [0.717, 1.165) is 11.1 Å². The lowest BCUT2D eigenvalue weighted by Gasteiger charge is -2.13. The van der Waals surface area contributed by atoms with Gasteiger partial charge in [0.2, 0.25) is 5.88 Å². The Bertz CT molecular complexity index is 898. The third-order valence-corrected chi connectivity index (χ3v) is 3.98. The molecule has 0 spiro atoms. The van der Waals surface area contributed by atoms with Crippen LogP contribution in [0.15, 0.2) is 66.9 Å². The number of aromatic nitrogens is 1. The van der Waals surface area contributed by atoms with E-state index in [1.807, 2.05) is 30.3 Å². The number of nitrogens with two attached hydrogens (primary N) is 1. The molecule has 0 amide bonds. The lowest BCUT2D eigenvalue weighted by Crippen LogP contribution is -2.19. The molecular formula is C21H19F3N2O2. The van der Waals surface area contributed by atoms with Gasteiger partial charge in [0, 0.05) is 24.4 Å². The fraction of sp³-hybridized carbons (Fsp3) is 0.190. The Morgan fingerprint density at radius 1 is 0.929 bits per heavy atom. The van der Waals surface area contributed by atoms with Crippen LogP contribution in [0.2, 0.25) is 0 Å². The van der Waals surface area contributed by atoms with Gasteiger partial charge in [0.05, 0.1) is 0 Å². The van der Waals surface area contributed by atoms with Crippen molar-refractivity contribution in [2.24, 2.45) is 5.73 Å². The van der Waals surface area contributed by atoms with Crippen LogP contribution in [0, 0.1) is 0 Å². The fourth-order valence-corrected chi connectivity index (χ4v) is 2.61. The number of ether oxygens (including phenoxy) is 2. The molecular weight excluding hydrogens is 369 g/mol. The van der Waals surface area contributed by atoms with Crippen LogP contribution in [0.5, 0.6) is 11.6 Å². The molecule has 1 heterocycles. The summed E-state index contributed by atoms with van der Waals surface area (Å²) in [5, 5.41) is 0. The second kappa shape index (κ2) is 8.75. The lowest BCUT2D eigenvalue weighted by atomic mass is 10.0. The zero-order valence-corrected chi connectivity index (χ0v) is 14.9. The molecule has 1 aromatic heterocycles. The number of benzene rings is 2. The molecule has 3 rings (SSSR count). The van der Waals surface area contributed by atoms with E-state index in [2.05, 4.69) is 4.98 Å². The van der Waals surface area contributed by atoms with Crippen molar-refractivity contribution in [3.63, 3.8) is 0 Å². The standard InChI is InChI=1S/C21H19F3N2O2/c22-21(23,24)14-28-18-8-6-16(11-25)19(10-18)17-7-9-20(26-12-17)27-13-15-4-2-1-3-5-15/h1-10,12H,11,13-14,25H2. The number of alkyl halides is 3. The van der Waals surface area contributed by atoms with Gasteiger partial charge >= 0.3 is 6.18 Å². The topological polar surface area (TPSA) is 57.4 Å². The van der Waals surface area contributed by atoms with Crippen molar-refractivity contribution < 1.29 is 22.6 Å². The quantitative estimate of drug-likeness (QED) is 0.636. The van der Waals surface area contributed by atoms with Gasteiger partial charge in [-0.15, -0.1) is 0 Å². The summed E-state index contributed by atoms with van der Waals surface area (Å²) in [5.41, 5.74) is 8.94. The first-order valence-corrected chi connectivity index (χ1v) is 8.60. The molecule has 0 aliphatic heterocycles. The minimum absolute atomic E-state index is 0.119. The molecule has 0 bridgehead atoms. The normalized spacial score (nSPS) is 11.3. The summed E-state index contributed by atoms with van der Waals surface area (Å²) < 4.78 is 47.6. The second-order valence-corrected chi connectivity index (χ2v) is 6.09. The Kier molecular flexibility index (Phi) is 6.16. The predicted molar refractivity (Wildman–Crippen MR) is 99.9 cm³/mol. The number of hydrogen-bond acceptors (Lipinski definition) is 4. The summed E-state index contributed by atoms with van der Waals surface area (Å²) in [6, 6.07) is 17.9. The Morgan fingerprint density at radius 2 is 1.71 bits per heavy atom. The zero-order valence-electron chi connectivity index (χ0n) is 14.9. The van der Waals surface area contributed by atoms with Crippen molar-refractivity contribution in [1.82, 2.24) is 4.98 Å². The maximum Gasteiger partial charge on any atom is 0.422 e. The second-order valence-electron chi connectivity index (χ2n) is 6.09. The third-order valence-electron chi connectivity index (χ3n) is 3.98. The van der Waals surface area contributed by atoms with E-state index < -0.39 is 12.8 Å². The van der Waals surface area contributed by atoms with Gasteiger partial charge in [-0.1, -0.05) is 36.4 Å². The molecule has 3 aromatic rings. The molecule has 0 fully saturated rings. The first-order chi connectivity index (χ1) is 13.4. The van der Waals surface area contributed by atoms with Crippen LogP contribution in [0.3, 0.4) is 0 Å². The maximum atomic E-state index is 12.4. The van der Waals surface area contributed by atoms with Crippen LogP contribution in [0.4, 0.5) is 13.2 Å². The molecule has 0 atom stereocenters. The highest BCUT2D eigenvalue weighted by Gasteiger charge is 2.28. The van der Waals surface area contributed by atoms with Crippen molar-refractivity contribution in [2.75, 3.05) is 6.61 Å². The summed E-state index contributed by atoms with van der Waals surface area (Å²) in [7, 11) is 0. The first kappa shape index (κ1) is 19.7. The van der Waals surface area contributed by atoms with Crippen molar-refractivity contribution in [3.8, 4) is 22.8 Å². The van der Waals surface area contributed by atoms with Gasteiger partial charge in [0.1, 0.15) is 12.4 Å². The van der Waals surface area contributed by atoms with Crippen LogP contribution in [-0.4, -0.2) is 17.8 Å². The van der Waals surface area contributed by atoms with Crippen molar-refractivity contribution in [2.45, 2.75) is 19.3 Å². The molecule has 28 heavy (non-hydrogen) atoms. The Balaban J connectivity index is 1.74. The fourth-order valence-electron chi connectivity index (χ4n) is 2.61. The Hall–Kier alpha value is -3.06. The van der Waals surface area contributed by atoms with E-state index in [1.165, 1.54) is 12.1 Å². The summed E-state index contributed by atoms with van der Waals surface area (Å²) >= 11 is 0. The smallest absolute Gasteiger partial charge is 0.422 e. The van der Waals surface area contributed by atoms with Crippen molar-refractivity contribution >= 4 is 0 Å². The molecule has 7 heteroatoms. The molecule has 0 aliphatic rings. The third kappa shape index (κ3) is 5.47. The minimum Gasteiger partial charge on any atom is -0.484 e. The van der Waals surface area contributed by atoms with E-state index in [0.29, 0.717) is 23.6 Å². The number of rotatable bonds is 7. The monoisotopic (exact) mass is 388 g/mol. The highest BCUT2D eigenvalue weighted by Crippen LogP contribution is 2.29. The predicted octanol–water partition coefficient (Wildman–Crippen LogP) is 4.73. The average molecular weight is 388 g/mol.